The molecular formula is C15H14BrN3. The minimum atomic E-state index is 0.784. The summed E-state index contributed by atoms with van der Waals surface area (Å²) in [5.41, 5.74) is 4.51. The Bertz CT molecular complexity index is 718. The Labute approximate surface area is 120 Å². The molecule has 19 heavy (non-hydrogen) atoms. The molecule has 0 saturated carbocycles. The van der Waals surface area contributed by atoms with Crippen LogP contribution in [0.4, 0.5) is 5.69 Å². The van der Waals surface area contributed by atoms with E-state index in [0.29, 0.717) is 0 Å². The molecule has 0 saturated heterocycles. The van der Waals surface area contributed by atoms with Crippen molar-refractivity contribution >= 4 is 32.7 Å². The Morgan fingerprint density at radius 2 is 2.21 bits per heavy atom. The van der Waals surface area contributed by atoms with Gasteiger partial charge in [0.05, 0.1) is 0 Å². The van der Waals surface area contributed by atoms with Crippen LogP contribution >= 0.6 is 15.9 Å². The van der Waals surface area contributed by atoms with Gasteiger partial charge in [-0.15, -0.1) is 0 Å². The molecule has 0 atom stereocenters. The molecule has 0 aliphatic rings. The number of aromatic amines is 1. The SMILES string of the molecule is Cc1cc(NCc2c[nH]c3ncccc23)ccc1Br. The van der Waals surface area contributed by atoms with Gasteiger partial charge in [-0.3, -0.25) is 0 Å². The molecule has 3 aromatic rings. The predicted molar refractivity (Wildman–Crippen MR) is 82.3 cm³/mol. The molecule has 0 bridgehead atoms. The van der Waals surface area contributed by atoms with Gasteiger partial charge in [0.2, 0.25) is 0 Å². The van der Waals surface area contributed by atoms with E-state index in [9.17, 15) is 0 Å². The minimum absolute atomic E-state index is 0.784. The van der Waals surface area contributed by atoms with Gasteiger partial charge in [0.15, 0.2) is 0 Å². The number of hydrogen-bond donors (Lipinski definition) is 2. The lowest BCUT2D eigenvalue weighted by molar-refractivity contribution is 1.16. The van der Waals surface area contributed by atoms with Gasteiger partial charge in [0.1, 0.15) is 5.65 Å². The second-order valence-electron chi connectivity index (χ2n) is 4.53. The molecule has 3 nitrogen and oxygen atoms in total. The summed E-state index contributed by atoms with van der Waals surface area (Å²) in [5.74, 6) is 0. The van der Waals surface area contributed by atoms with E-state index < -0.39 is 0 Å². The number of halogens is 1. The third-order valence-corrected chi connectivity index (χ3v) is 4.07. The Hall–Kier alpha value is -1.81. The van der Waals surface area contributed by atoms with E-state index in [1.165, 1.54) is 16.5 Å². The van der Waals surface area contributed by atoms with Crippen molar-refractivity contribution in [3.63, 3.8) is 0 Å². The molecule has 96 valence electrons. The van der Waals surface area contributed by atoms with Gasteiger partial charge in [-0.25, -0.2) is 4.98 Å². The lowest BCUT2D eigenvalue weighted by Crippen LogP contribution is -1.98. The molecule has 0 aliphatic heterocycles. The van der Waals surface area contributed by atoms with Crippen molar-refractivity contribution in [3.05, 3.63) is 58.3 Å². The average Bonchev–Trinajstić information content (AvgIpc) is 2.83. The van der Waals surface area contributed by atoms with Crippen LogP contribution in [0.1, 0.15) is 11.1 Å². The van der Waals surface area contributed by atoms with Crippen LogP contribution < -0.4 is 5.32 Å². The van der Waals surface area contributed by atoms with Crippen molar-refractivity contribution in [2.24, 2.45) is 0 Å². The van der Waals surface area contributed by atoms with Crippen molar-refractivity contribution in [2.45, 2.75) is 13.5 Å². The maximum absolute atomic E-state index is 4.29. The number of hydrogen-bond acceptors (Lipinski definition) is 2. The van der Waals surface area contributed by atoms with Crippen LogP contribution in [-0.2, 0) is 6.54 Å². The van der Waals surface area contributed by atoms with E-state index in [2.05, 4.69) is 62.4 Å². The molecule has 1 aromatic carbocycles. The monoisotopic (exact) mass is 315 g/mol. The maximum atomic E-state index is 4.29. The van der Waals surface area contributed by atoms with Crippen molar-refractivity contribution in [3.8, 4) is 0 Å². The Kier molecular flexibility index (Phi) is 3.25. The van der Waals surface area contributed by atoms with Crippen LogP contribution in [0, 0.1) is 6.92 Å². The minimum Gasteiger partial charge on any atom is -0.381 e. The summed E-state index contributed by atoms with van der Waals surface area (Å²) in [6.45, 7) is 2.87. The third kappa shape index (κ3) is 2.49. The zero-order chi connectivity index (χ0) is 13.2. The van der Waals surface area contributed by atoms with Gasteiger partial charge >= 0.3 is 0 Å². The largest absolute Gasteiger partial charge is 0.381 e. The van der Waals surface area contributed by atoms with Crippen LogP contribution in [0.25, 0.3) is 11.0 Å². The summed E-state index contributed by atoms with van der Waals surface area (Å²) in [5, 5.41) is 4.61. The number of benzene rings is 1. The smallest absolute Gasteiger partial charge is 0.137 e. The lowest BCUT2D eigenvalue weighted by Gasteiger charge is -2.07. The fraction of sp³-hybridized carbons (Fsp3) is 0.133. The van der Waals surface area contributed by atoms with Gasteiger partial charge in [0, 0.05) is 34.5 Å². The molecule has 0 aliphatic carbocycles. The van der Waals surface area contributed by atoms with E-state index in [-0.39, 0.29) is 0 Å². The zero-order valence-corrected chi connectivity index (χ0v) is 12.2. The van der Waals surface area contributed by atoms with E-state index in [0.717, 1.165) is 22.4 Å². The number of nitrogens with one attached hydrogen (secondary N) is 2. The normalized spacial score (nSPS) is 10.8. The number of H-pyrrole nitrogens is 1. The first-order valence-corrected chi connectivity index (χ1v) is 6.94. The molecular weight excluding hydrogens is 302 g/mol. The van der Waals surface area contributed by atoms with Crippen molar-refractivity contribution in [2.75, 3.05) is 5.32 Å². The predicted octanol–water partition coefficient (Wildman–Crippen LogP) is 4.25. The highest BCUT2D eigenvalue weighted by molar-refractivity contribution is 9.10. The second-order valence-corrected chi connectivity index (χ2v) is 5.39. The quantitative estimate of drug-likeness (QED) is 0.758. The summed E-state index contributed by atoms with van der Waals surface area (Å²) in [6, 6.07) is 10.3. The van der Waals surface area contributed by atoms with E-state index >= 15 is 0 Å². The summed E-state index contributed by atoms with van der Waals surface area (Å²) in [4.78, 5) is 7.48. The van der Waals surface area contributed by atoms with Crippen LogP contribution in [-0.4, -0.2) is 9.97 Å². The molecule has 2 aromatic heterocycles. The third-order valence-electron chi connectivity index (χ3n) is 3.18. The van der Waals surface area contributed by atoms with Gasteiger partial charge < -0.3 is 10.3 Å². The van der Waals surface area contributed by atoms with Crippen LogP contribution in [0.3, 0.4) is 0 Å². The number of aromatic nitrogens is 2. The number of pyridine rings is 1. The maximum Gasteiger partial charge on any atom is 0.137 e. The summed E-state index contributed by atoms with van der Waals surface area (Å²) in [7, 11) is 0. The Morgan fingerprint density at radius 3 is 3.05 bits per heavy atom. The van der Waals surface area contributed by atoms with Crippen molar-refractivity contribution in [1.82, 2.24) is 9.97 Å². The highest BCUT2D eigenvalue weighted by Gasteiger charge is 2.04. The van der Waals surface area contributed by atoms with Gasteiger partial charge in [-0.05, 0) is 48.4 Å². The van der Waals surface area contributed by atoms with E-state index in [4.69, 9.17) is 0 Å². The zero-order valence-electron chi connectivity index (χ0n) is 10.6. The number of rotatable bonds is 3. The Balaban J connectivity index is 1.80. The van der Waals surface area contributed by atoms with Crippen LogP contribution in [0.15, 0.2) is 47.2 Å². The fourth-order valence-electron chi connectivity index (χ4n) is 2.11. The average molecular weight is 316 g/mol. The summed E-state index contributed by atoms with van der Waals surface area (Å²) < 4.78 is 1.13. The molecule has 4 heteroatoms. The number of aryl methyl sites for hydroxylation is 1. The van der Waals surface area contributed by atoms with E-state index in [1.807, 2.05) is 12.3 Å². The molecule has 0 fully saturated rings. The number of fused-ring (bicyclic) bond motifs is 1. The highest BCUT2D eigenvalue weighted by Crippen LogP contribution is 2.21. The lowest BCUT2D eigenvalue weighted by atomic mass is 10.2. The summed E-state index contributed by atoms with van der Waals surface area (Å²) >= 11 is 3.51. The van der Waals surface area contributed by atoms with Gasteiger partial charge in [-0.1, -0.05) is 15.9 Å². The first kappa shape index (κ1) is 12.2. The first-order chi connectivity index (χ1) is 9.24. The van der Waals surface area contributed by atoms with Crippen molar-refractivity contribution in [1.29, 1.82) is 0 Å². The summed E-state index contributed by atoms with van der Waals surface area (Å²) in [6.07, 6.45) is 3.81. The van der Waals surface area contributed by atoms with Crippen molar-refractivity contribution < 1.29 is 0 Å². The molecule has 0 unspecified atom stereocenters. The molecule has 2 N–H and O–H groups in total. The molecule has 2 heterocycles. The molecule has 0 spiro atoms. The van der Waals surface area contributed by atoms with Gasteiger partial charge in [-0.2, -0.15) is 0 Å². The van der Waals surface area contributed by atoms with E-state index in [1.54, 1.807) is 6.20 Å². The molecule has 3 rings (SSSR count). The van der Waals surface area contributed by atoms with Crippen LogP contribution in [0.2, 0.25) is 0 Å². The molecule has 0 amide bonds. The number of nitrogens with zero attached hydrogens (tertiary/aromatic N) is 1. The standard InChI is InChI=1S/C15H14BrN3/c1-10-7-12(4-5-14(10)16)18-8-11-9-19-15-13(11)3-2-6-17-15/h2-7,9,18H,8H2,1H3,(H,17,19). The topological polar surface area (TPSA) is 40.7 Å². The molecule has 0 radical (unpaired) electrons. The highest BCUT2D eigenvalue weighted by atomic mass is 79.9. The van der Waals surface area contributed by atoms with Gasteiger partial charge in [0.25, 0.3) is 0 Å². The number of anilines is 1. The first-order valence-electron chi connectivity index (χ1n) is 6.15. The Morgan fingerprint density at radius 1 is 1.32 bits per heavy atom. The fourth-order valence-corrected chi connectivity index (χ4v) is 2.36. The second kappa shape index (κ2) is 5.05. The van der Waals surface area contributed by atoms with Crippen LogP contribution in [0.5, 0.6) is 0 Å².